The van der Waals surface area contributed by atoms with Gasteiger partial charge in [0.1, 0.15) is 0 Å². The maximum absolute atomic E-state index is 12.5. The fraction of sp³-hybridized carbons (Fsp3) is 0.619. The van der Waals surface area contributed by atoms with Crippen LogP contribution in [0.4, 0.5) is 5.69 Å². The van der Waals surface area contributed by atoms with E-state index in [1.54, 1.807) is 7.05 Å². The van der Waals surface area contributed by atoms with Crippen LogP contribution >= 0.6 is 0 Å². The van der Waals surface area contributed by atoms with Crippen LogP contribution in [0.15, 0.2) is 35.3 Å². The SMILES string of the molecule is CN=C(NCCCOCC(C)C)NCC(=O)N1CCN(c2ccccc2)CC1. The molecular formula is C21H35N5O2. The number of ether oxygens (including phenoxy) is 1. The fourth-order valence-electron chi connectivity index (χ4n) is 3.04. The number of hydrogen-bond acceptors (Lipinski definition) is 4. The van der Waals surface area contributed by atoms with Crippen LogP contribution in [0, 0.1) is 5.92 Å². The van der Waals surface area contributed by atoms with Crippen LogP contribution in [-0.2, 0) is 9.53 Å². The van der Waals surface area contributed by atoms with Crippen molar-refractivity contribution in [2.45, 2.75) is 20.3 Å². The summed E-state index contributed by atoms with van der Waals surface area (Å²) in [5.41, 5.74) is 1.22. The van der Waals surface area contributed by atoms with Crippen molar-refractivity contribution < 1.29 is 9.53 Å². The van der Waals surface area contributed by atoms with E-state index in [1.807, 2.05) is 23.1 Å². The van der Waals surface area contributed by atoms with Gasteiger partial charge in [0.15, 0.2) is 5.96 Å². The molecule has 1 aliphatic rings. The smallest absolute Gasteiger partial charge is 0.242 e. The van der Waals surface area contributed by atoms with Crippen LogP contribution in [0.5, 0.6) is 0 Å². The zero-order valence-corrected chi connectivity index (χ0v) is 17.5. The van der Waals surface area contributed by atoms with Gasteiger partial charge in [-0.1, -0.05) is 32.0 Å². The van der Waals surface area contributed by atoms with Crippen LogP contribution in [-0.4, -0.2) is 76.3 Å². The number of carbonyl (C=O) groups is 1. The monoisotopic (exact) mass is 389 g/mol. The zero-order valence-electron chi connectivity index (χ0n) is 17.5. The van der Waals surface area contributed by atoms with Crippen molar-refractivity contribution in [2.24, 2.45) is 10.9 Å². The highest BCUT2D eigenvalue weighted by molar-refractivity contribution is 5.86. The third-order valence-corrected chi connectivity index (χ3v) is 4.59. The molecule has 0 bridgehead atoms. The number of rotatable bonds is 9. The quantitative estimate of drug-likeness (QED) is 0.381. The maximum atomic E-state index is 12.5. The third-order valence-electron chi connectivity index (χ3n) is 4.59. The summed E-state index contributed by atoms with van der Waals surface area (Å²) in [5.74, 6) is 1.32. The molecule has 1 fully saturated rings. The Morgan fingerprint density at radius 1 is 1.14 bits per heavy atom. The van der Waals surface area contributed by atoms with Crippen LogP contribution < -0.4 is 15.5 Å². The molecule has 1 amide bonds. The zero-order chi connectivity index (χ0) is 20.2. The van der Waals surface area contributed by atoms with E-state index in [0.29, 0.717) is 11.9 Å². The molecule has 0 unspecified atom stereocenters. The van der Waals surface area contributed by atoms with E-state index in [2.05, 4.69) is 46.5 Å². The summed E-state index contributed by atoms with van der Waals surface area (Å²) >= 11 is 0. The molecule has 1 aromatic rings. The fourth-order valence-corrected chi connectivity index (χ4v) is 3.04. The Morgan fingerprint density at radius 3 is 2.50 bits per heavy atom. The molecule has 0 saturated carbocycles. The Kier molecular flexibility index (Phi) is 9.62. The van der Waals surface area contributed by atoms with E-state index in [9.17, 15) is 4.79 Å². The average Bonchev–Trinajstić information content (AvgIpc) is 2.73. The lowest BCUT2D eigenvalue weighted by molar-refractivity contribution is -0.130. The molecule has 0 aromatic heterocycles. The predicted molar refractivity (Wildman–Crippen MR) is 115 cm³/mol. The molecule has 7 heteroatoms. The number of aliphatic imine (C=N–C) groups is 1. The molecule has 1 heterocycles. The Balaban J connectivity index is 1.62. The topological polar surface area (TPSA) is 69.2 Å². The summed E-state index contributed by atoms with van der Waals surface area (Å²) in [4.78, 5) is 20.9. The third kappa shape index (κ3) is 7.76. The van der Waals surface area contributed by atoms with Gasteiger partial charge in [-0.3, -0.25) is 9.79 Å². The molecule has 1 saturated heterocycles. The molecule has 1 aromatic carbocycles. The molecule has 0 atom stereocenters. The van der Waals surface area contributed by atoms with E-state index in [1.165, 1.54) is 5.69 Å². The predicted octanol–water partition coefficient (Wildman–Crippen LogP) is 1.56. The first kappa shape index (κ1) is 22.0. The molecule has 2 rings (SSSR count). The Hall–Kier alpha value is -2.28. The molecule has 0 radical (unpaired) electrons. The van der Waals surface area contributed by atoms with Crippen molar-refractivity contribution in [2.75, 3.05) is 64.4 Å². The number of benzene rings is 1. The number of nitrogens with zero attached hydrogens (tertiary/aromatic N) is 3. The van der Waals surface area contributed by atoms with Gasteiger partial charge in [0.25, 0.3) is 0 Å². The molecular weight excluding hydrogens is 354 g/mol. The van der Waals surface area contributed by atoms with Crippen LogP contribution in [0.1, 0.15) is 20.3 Å². The number of para-hydroxylation sites is 1. The minimum Gasteiger partial charge on any atom is -0.381 e. The number of anilines is 1. The Morgan fingerprint density at radius 2 is 1.86 bits per heavy atom. The van der Waals surface area contributed by atoms with Crippen LogP contribution in [0.2, 0.25) is 0 Å². The first-order valence-corrected chi connectivity index (χ1v) is 10.2. The van der Waals surface area contributed by atoms with Gasteiger partial charge in [0.2, 0.25) is 5.91 Å². The molecule has 28 heavy (non-hydrogen) atoms. The molecule has 2 N–H and O–H groups in total. The second-order valence-corrected chi connectivity index (χ2v) is 7.38. The molecule has 1 aliphatic heterocycles. The maximum Gasteiger partial charge on any atom is 0.242 e. The van der Waals surface area contributed by atoms with Gasteiger partial charge >= 0.3 is 0 Å². The first-order chi connectivity index (χ1) is 13.6. The number of carbonyl (C=O) groups excluding carboxylic acids is 1. The first-order valence-electron chi connectivity index (χ1n) is 10.2. The number of amides is 1. The van der Waals surface area contributed by atoms with Crippen molar-refractivity contribution in [3.63, 3.8) is 0 Å². The van der Waals surface area contributed by atoms with Gasteiger partial charge in [0.05, 0.1) is 6.54 Å². The van der Waals surface area contributed by atoms with Crippen LogP contribution in [0.25, 0.3) is 0 Å². The highest BCUT2D eigenvalue weighted by Gasteiger charge is 2.21. The summed E-state index contributed by atoms with van der Waals surface area (Å²) in [6.07, 6.45) is 0.906. The number of guanidine groups is 1. The second-order valence-electron chi connectivity index (χ2n) is 7.38. The minimum atomic E-state index is 0.107. The van der Waals surface area contributed by atoms with Crippen molar-refractivity contribution >= 4 is 17.6 Å². The summed E-state index contributed by atoms with van der Waals surface area (Å²) in [6, 6.07) is 10.3. The van der Waals surface area contributed by atoms with Gasteiger partial charge in [-0.25, -0.2) is 0 Å². The average molecular weight is 390 g/mol. The normalized spacial score (nSPS) is 15.1. The van der Waals surface area contributed by atoms with Gasteiger partial charge < -0.3 is 25.2 Å². The van der Waals surface area contributed by atoms with E-state index >= 15 is 0 Å². The minimum absolute atomic E-state index is 0.107. The lowest BCUT2D eigenvalue weighted by Crippen LogP contribution is -2.52. The van der Waals surface area contributed by atoms with E-state index in [0.717, 1.165) is 52.4 Å². The number of hydrogen-bond donors (Lipinski definition) is 2. The van der Waals surface area contributed by atoms with Crippen molar-refractivity contribution in [3.05, 3.63) is 30.3 Å². The van der Waals surface area contributed by atoms with Gasteiger partial charge in [-0.2, -0.15) is 0 Å². The lowest BCUT2D eigenvalue weighted by Gasteiger charge is -2.36. The Labute approximate surface area is 169 Å². The molecule has 7 nitrogen and oxygen atoms in total. The van der Waals surface area contributed by atoms with Gasteiger partial charge in [0, 0.05) is 58.7 Å². The Bertz CT molecular complexity index is 598. The van der Waals surface area contributed by atoms with Gasteiger partial charge in [-0.15, -0.1) is 0 Å². The largest absolute Gasteiger partial charge is 0.381 e. The number of piperazine rings is 1. The lowest BCUT2D eigenvalue weighted by atomic mass is 10.2. The summed E-state index contributed by atoms with van der Waals surface area (Å²) in [6.45, 7) is 10.0. The summed E-state index contributed by atoms with van der Waals surface area (Å²) in [7, 11) is 1.72. The highest BCUT2D eigenvalue weighted by atomic mass is 16.5. The summed E-state index contributed by atoms with van der Waals surface area (Å²) in [5, 5.41) is 6.34. The van der Waals surface area contributed by atoms with Crippen molar-refractivity contribution in [3.8, 4) is 0 Å². The van der Waals surface area contributed by atoms with Crippen molar-refractivity contribution in [1.82, 2.24) is 15.5 Å². The molecule has 0 aliphatic carbocycles. The molecule has 0 spiro atoms. The van der Waals surface area contributed by atoms with E-state index < -0.39 is 0 Å². The summed E-state index contributed by atoms with van der Waals surface area (Å²) < 4.78 is 5.56. The number of nitrogens with one attached hydrogen (secondary N) is 2. The molecule has 156 valence electrons. The van der Waals surface area contributed by atoms with Crippen LogP contribution in [0.3, 0.4) is 0 Å². The standard InChI is InChI=1S/C21H35N5O2/c1-18(2)17-28-15-7-10-23-21(22-3)24-16-20(27)26-13-11-25(12-14-26)19-8-5-4-6-9-19/h4-6,8-9,18H,7,10-17H2,1-3H3,(H2,22,23,24). The van der Waals surface area contributed by atoms with Crippen molar-refractivity contribution in [1.29, 1.82) is 0 Å². The van der Waals surface area contributed by atoms with E-state index in [4.69, 9.17) is 4.74 Å². The second kappa shape index (κ2) is 12.2. The van der Waals surface area contributed by atoms with Gasteiger partial charge in [-0.05, 0) is 24.5 Å². The van der Waals surface area contributed by atoms with E-state index in [-0.39, 0.29) is 12.5 Å². The highest BCUT2D eigenvalue weighted by Crippen LogP contribution is 2.15.